The molecular formula is C14H20FN. The standard InChI is InChI=1S/C14H20FN/c1-10(2)11-3-5-12(6-4-11)14-9-16-8-13(14)7-15/h3-6,10,13-14,16H,7-9H2,1-2H3/t13-,14-/m0/s1. The minimum atomic E-state index is -0.219. The quantitative estimate of drug-likeness (QED) is 0.827. The summed E-state index contributed by atoms with van der Waals surface area (Å²) >= 11 is 0. The van der Waals surface area contributed by atoms with Gasteiger partial charge in [-0.05, 0) is 17.0 Å². The summed E-state index contributed by atoms with van der Waals surface area (Å²) in [5.74, 6) is 1.07. The van der Waals surface area contributed by atoms with Crippen LogP contribution in [0.2, 0.25) is 0 Å². The molecule has 1 saturated heterocycles. The molecule has 0 unspecified atom stereocenters. The lowest BCUT2D eigenvalue weighted by Gasteiger charge is -2.16. The average Bonchev–Trinajstić information content (AvgIpc) is 2.77. The van der Waals surface area contributed by atoms with Crippen LogP contribution in [-0.4, -0.2) is 19.8 Å². The van der Waals surface area contributed by atoms with Crippen molar-refractivity contribution in [1.29, 1.82) is 0 Å². The highest BCUT2D eigenvalue weighted by molar-refractivity contribution is 5.28. The van der Waals surface area contributed by atoms with E-state index in [2.05, 4.69) is 43.4 Å². The van der Waals surface area contributed by atoms with Gasteiger partial charge in [-0.3, -0.25) is 4.39 Å². The van der Waals surface area contributed by atoms with Crippen molar-refractivity contribution in [3.63, 3.8) is 0 Å². The van der Waals surface area contributed by atoms with Gasteiger partial charge in [0.05, 0.1) is 6.67 Å². The fraction of sp³-hybridized carbons (Fsp3) is 0.571. The van der Waals surface area contributed by atoms with Gasteiger partial charge in [0, 0.05) is 24.9 Å². The third-order valence-corrected chi connectivity index (χ3v) is 3.57. The van der Waals surface area contributed by atoms with E-state index in [0.29, 0.717) is 11.8 Å². The summed E-state index contributed by atoms with van der Waals surface area (Å²) in [7, 11) is 0. The van der Waals surface area contributed by atoms with Crippen LogP contribution in [0.25, 0.3) is 0 Å². The minimum absolute atomic E-state index is 0.157. The van der Waals surface area contributed by atoms with E-state index in [1.165, 1.54) is 11.1 Å². The molecule has 1 aliphatic heterocycles. The molecular weight excluding hydrogens is 201 g/mol. The first-order chi connectivity index (χ1) is 7.72. The number of rotatable bonds is 3. The monoisotopic (exact) mass is 221 g/mol. The lowest BCUT2D eigenvalue weighted by atomic mass is 9.88. The Morgan fingerprint density at radius 2 is 1.94 bits per heavy atom. The second-order valence-electron chi connectivity index (χ2n) is 5.00. The summed E-state index contributed by atoms with van der Waals surface area (Å²) in [5, 5.41) is 3.27. The zero-order valence-corrected chi connectivity index (χ0v) is 10.0. The predicted molar refractivity (Wildman–Crippen MR) is 65.6 cm³/mol. The third-order valence-electron chi connectivity index (χ3n) is 3.57. The molecule has 2 atom stereocenters. The highest BCUT2D eigenvalue weighted by atomic mass is 19.1. The molecule has 1 heterocycles. The van der Waals surface area contributed by atoms with E-state index in [1.54, 1.807) is 0 Å². The highest BCUT2D eigenvalue weighted by Crippen LogP contribution is 2.29. The molecule has 0 aliphatic carbocycles. The lowest BCUT2D eigenvalue weighted by molar-refractivity contribution is 0.358. The van der Waals surface area contributed by atoms with Crippen LogP contribution in [0.3, 0.4) is 0 Å². The number of benzene rings is 1. The lowest BCUT2D eigenvalue weighted by Crippen LogP contribution is -2.12. The molecule has 0 radical (unpaired) electrons. The van der Waals surface area contributed by atoms with Crippen LogP contribution in [-0.2, 0) is 0 Å². The van der Waals surface area contributed by atoms with Crippen molar-refractivity contribution < 1.29 is 4.39 Å². The van der Waals surface area contributed by atoms with Crippen LogP contribution in [0.5, 0.6) is 0 Å². The summed E-state index contributed by atoms with van der Waals surface area (Å²) in [6.07, 6.45) is 0. The first-order valence-electron chi connectivity index (χ1n) is 6.09. The largest absolute Gasteiger partial charge is 0.316 e. The highest BCUT2D eigenvalue weighted by Gasteiger charge is 2.28. The van der Waals surface area contributed by atoms with Gasteiger partial charge in [0.1, 0.15) is 0 Å². The maximum atomic E-state index is 12.8. The van der Waals surface area contributed by atoms with Crippen LogP contribution in [0.4, 0.5) is 4.39 Å². The van der Waals surface area contributed by atoms with Gasteiger partial charge in [-0.1, -0.05) is 38.1 Å². The number of hydrogen-bond donors (Lipinski definition) is 1. The van der Waals surface area contributed by atoms with E-state index in [4.69, 9.17) is 0 Å². The van der Waals surface area contributed by atoms with Crippen molar-refractivity contribution in [1.82, 2.24) is 5.32 Å². The van der Waals surface area contributed by atoms with E-state index in [9.17, 15) is 4.39 Å². The predicted octanol–water partition coefficient (Wildman–Crippen LogP) is 3.08. The third kappa shape index (κ3) is 2.27. The molecule has 16 heavy (non-hydrogen) atoms. The van der Waals surface area contributed by atoms with E-state index >= 15 is 0 Å². The van der Waals surface area contributed by atoms with Gasteiger partial charge in [0.15, 0.2) is 0 Å². The van der Waals surface area contributed by atoms with Crippen LogP contribution in [0.1, 0.15) is 36.8 Å². The summed E-state index contributed by atoms with van der Waals surface area (Å²) in [4.78, 5) is 0. The van der Waals surface area contributed by atoms with Gasteiger partial charge in [0.2, 0.25) is 0 Å². The SMILES string of the molecule is CC(C)c1ccc([C@@H]2CNC[C@@H]2CF)cc1. The molecule has 88 valence electrons. The maximum absolute atomic E-state index is 12.8. The Balaban J connectivity index is 2.15. The molecule has 2 heteroatoms. The van der Waals surface area contributed by atoms with Crippen LogP contribution < -0.4 is 5.32 Å². The van der Waals surface area contributed by atoms with Crippen molar-refractivity contribution in [2.45, 2.75) is 25.7 Å². The van der Waals surface area contributed by atoms with Crippen molar-refractivity contribution in [3.8, 4) is 0 Å². The Morgan fingerprint density at radius 3 is 2.50 bits per heavy atom. The van der Waals surface area contributed by atoms with Gasteiger partial charge in [-0.2, -0.15) is 0 Å². The molecule has 1 fully saturated rings. The molecule has 1 aliphatic rings. The van der Waals surface area contributed by atoms with E-state index < -0.39 is 0 Å². The molecule has 2 rings (SSSR count). The first kappa shape index (κ1) is 11.6. The summed E-state index contributed by atoms with van der Waals surface area (Å²) in [6.45, 7) is 5.89. The summed E-state index contributed by atoms with van der Waals surface area (Å²) in [5.41, 5.74) is 2.63. The first-order valence-corrected chi connectivity index (χ1v) is 6.09. The number of nitrogens with one attached hydrogen (secondary N) is 1. The maximum Gasteiger partial charge on any atom is 0.0941 e. The fourth-order valence-corrected chi connectivity index (χ4v) is 2.41. The Labute approximate surface area is 97.1 Å². The van der Waals surface area contributed by atoms with Crippen LogP contribution >= 0.6 is 0 Å². The molecule has 1 aromatic rings. The summed E-state index contributed by atoms with van der Waals surface area (Å²) in [6, 6.07) is 8.67. The molecule has 0 aromatic heterocycles. The van der Waals surface area contributed by atoms with Crippen LogP contribution in [0, 0.1) is 5.92 Å². The molecule has 0 spiro atoms. The van der Waals surface area contributed by atoms with Gasteiger partial charge in [-0.15, -0.1) is 0 Å². The molecule has 0 bridgehead atoms. The molecule has 1 aromatic carbocycles. The van der Waals surface area contributed by atoms with E-state index in [-0.39, 0.29) is 12.6 Å². The smallest absolute Gasteiger partial charge is 0.0941 e. The Morgan fingerprint density at radius 1 is 1.25 bits per heavy atom. The number of alkyl halides is 1. The normalized spacial score (nSPS) is 25.2. The van der Waals surface area contributed by atoms with Crippen molar-refractivity contribution >= 4 is 0 Å². The zero-order valence-electron chi connectivity index (χ0n) is 10.0. The Hall–Kier alpha value is -0.890. The molecule has 1 N–H and O–H groups in total. The topological polar surface area (TPSA) is 12.0 Å². The molecule has 0 saturated carbocycles. The van der Waals surface area contributed by atoms with Gasteiger partial charge in [-0.25, -0.2) is 0 Å². The van der Waals surface area contributed by atoms with Gasteiger partial charge >= 0.3 is 0 Å². The fourth-order valence-electron chi connectivity index (χ4n) is 2.41. The Kier molecular flexibility index (Phi) is 3.59. The van der Waals surface area contributed by atoms with Gasteiger partial charge < -0.3 is 5.32 Å². The van der Waals surface area contributed by atoms with E-state index in [1.807, 2.05) is 0 Å². The van der Waals surface area contributed by atoms with Crippen LogP contribution in [0.15, 0.2) is 24.3 Å². The second kappa shape index (κ2) is 4.96. The summed E-state index contributed by atoms with van der Waals surface area (Å²) < 4.78 is 12.8. The van der Waals surface area contributed by atoms with Crippen molar-refractivity contribution in [2.24, 2.45) is 5.92 Å². The molecule has 1 nitrogen and oxygen atoms in total. The average molecular weight is 221 g/mol. The van der Waals surface area contributed by atoms with E-state index in [0.717, 1.165) is 13.1 Å². The van der Waals surface area contributed by atoms with Crippen molar-refractivity contribution in [2.75, 3.05) is 19.8 Å². The Bertz CT molecular complexity index is 331. The number of hydrogen-bond acceptors (Lipinski definition) is 1. The van der Waals surface area contributed by atoms with Crippen molar-refractivity contribution in [3.05, 3.63) is 35.4 Å². The molecule has 0 amide bonds. The number of halogens is 1. The van der Waals surface area contributed by atoms with Gasteiger partial charge in [0.25, 0.3) is 0 Å². The zero-order chi connectivity index (χ0) is 11.5. The second-order valence-corrected chi connectivity index (χ2v) is 5.00. The minimum Gasteiger partial charge on any atom is -0.316 e.